The zero-order chi connectivity index (χ0) is 11.9. The van der Waals surface area contributed by atoms with Crippen molar-refractivity contribution in [2.24, 2.45) is 0 Å². The molecule has 0 aliphatic heterocycles. The third-order valence-corrected chi connectivity index (χ3v) is 3.51. The molecule has 0 saturated heterocycles. The first-order valence-electron chi connectivity index (χ1n) is 6.81. The molecular weight excluding hydrogens is 206 g/mol. The van der Waals surface area contributed by atoms with E-state index in [0.29, 0.717) is 0 Å². The van der Waals surface area contributed by atoms with Crippen LogP contribution in [0.25, 0.3) is 0 Å². The molecule has 1 N–H and O–H groups in total. The standard InChI is InChI=1S/C16H23N/c1-2-3-4-5-9-12-17-16-13-15(16)14-10-7-6-8-11-14/h2,6-8,10-11,15-17H,1,3-5,9,12-13H2. The third kappa shape index (κ3) is 4.01. The van der Waals surface area contributed by atoms with Gasteiger partial charge < -0.3 is 5.32 Å². The molecule has 17 heavy (non-hydrogen) atoms. The minimum atomic E-state index is 0.733. The van der Waals surface area contributed by atoms with E-state index in [1.807, 2.05) is 6.08 Å². The van der Waals surface area contributed by atoms with Crippen LogP contribution in [0, 0.1) is 0 Å². The van der Waals surface area contributed by atoms with E-state index in [4.69, 9.17) is 0 Å². The van der Waals surface area contributed by atoms with Gasteiger partial charge in [-0.1, -0.05) is 42.8 Å². The van der Waals surface area contributed by atoms with E-state index in [1.165, 1.54) is 37.8 Å². The highest BCUT2D eigenvalue weighted by Gasteiger charge is 2.37. The van der Waals surface area contributed by atoms with Crippen LogP contribution in [0.5, 0.6) is 0 Å². The van der Waals surface area contributed by atoms with Gasteiger partial charge in [-0.25, -0.2) is 0 Å². The summed E-state index contributed by atoms with van der Waals surface area (Å²) < 4.78 is 0. The van der Waals surface area contributed by atoms with Gasteiger partial charge in [0.05, 0.1) is 0 Å². The zero-order valence-electron chi connectivity index (χ0n) is 10.6. The number of unbranched alkanes of at least 4 members (excludes halogenated alkanes) is 3. The van der Waals surface area contributed by atoms with Gasteiger partial charge >= 0.3 is 0 Å². The van der Waals surface area contributed by atoms with E-state index in [2.05, 4.69) is 42.2 Å². The van der Waals surface area contributed by atoms with Crippen molar-refractivity contribution in [2.75, 3.05) is 6.54 Å². The maximum atomic E-state index is 3.74. The fourth-order valence-electron chi connectivity index (χ4n) is 2.37. The normalized spacial score (nSPS) is 22.4. The molecule has 1 aromatic rings. The Hall–Kier alpha value is -1.08. The topological polar surface area (TPSA) is 12.0 Å². The summed E-state index contributed by atoms with van der Waals surface area (Å²) in [5, 5.41) is 3.66. The molecule has 0 bridgehead atoms. The second-order valence-corrected chi connectivity index (χ2v) is 4.95. The lowest BCUT2D eigenvalue weighted by Crippen LogP contribution is -2.19. The molecule has 1 saturated carbocycles. The van der Waals surface area contributed by atoms with Crippen LogP contribution in [0.3, 0.4) is 0 Å². The van der Waals surface area contributed by atoms with Crippen molar-refractivity contribution >= 4 is 0 Å². The number of rotatable bonds is 8. The molecule has 1 nitrogen and oxygen atoms in total. The molecule has 0 radical (unpaired) electrons. The Morgan fingerprint density at radius 3 is 2.76 bits per heavy atom. The lowest BCUT2D eigenvalue weighted by molar-refractivity contribution is 0.597. The maximum Gasteiger partial charge on any atom is 0.0143 e. The lowest BCUT2D eigenvalue weighted by Gasteiger charge is -2.04. The predicted molar refractivity (Wildman–Crippen MR) is 74.3 cm³/mol. The average Bonchev–Trinajstić information content (AvgIpc) is 3.14. The summed E-state index contributed by atoms with van der Waals surface area (Å²) >= 11 is 0. The van der Waals surface area contributed by atoms with Crippen LogP contribution in [0.2, 0.25) is 0 Å². The van der Waals surface area contributed by atoms with E-state index in [9.17, 15) is 0 Å². The van der Waals surface area contributed by atoms with Gasteiger partial charge in [0.15, 0.2) is 0 Å². The highest BCUT2D eigenvalue weighted by Crippen LogP contribution is 2.40. The molecule has 1 aromatic carbocycles. The van der Waals surface area contributed by atoms with E-state index in [0.717, 1.165) is 18.4 Å². The smallest absolute Gasteiger partial charge is 0.0143 e. The highest BCUT2D eigenvalue weighted by atomic mass is 15.0. The molecule has 92 valence electrons. The first-order chi connectivity index (χ1) is 8.42. The molecule has 0 aromatic heterocycles. The van der Waals surface area contributed by atoms with Gasteiger partial charge in [-0.15, -0.1) is 6.58 Å². The van der Waals surface area contributed by atoms with Gasteiger partial charge in [0, 0.05) is 12.0 Å². The van der Waals surface area contributed by atoms with Gasteiger partial charge in [0.2, 0.25) is 0 Å². The molecule has 2 unspecified atom stereocenters. The van der Waals surface area contributed by atoms with Crippen molar-refractivity contribution in [3.63, 3.8) is 0 Å². The molecule has 1 aliphatic carbocycles. The Kier molecular flexibility index (Phi) is 4.81. The first-order valence-corrected chi connectivity index (χ1v) is 6.81. The lowest BCUT2D eigenvalue weighted by atomic mass is 10.1. The monoisotopic (exact) mass is 229 g/mol. The summed E-state index contributed by atoms with van der Waals surface area (Å²) in [4.78, 5) is 0. The van der Waals surface area contributed by atoms with Crippen LogP contribution < -0.4 is 5.32 Å². The van der Waals surface area contributed by atoms with Gasteiger partial charge in [-0.05, 0) is 37.8 Å². The van der Waals surface area contributed by atoms with Crippen LogP contribution in [-0.2, 0) is 0 Å². The molecular formula is C16H23N. The van der Waals surface area contributed by atoms with Gasteiger partial charge in [0.25, 0.3) is 0 Å². The van der Waals surface area contributed by atoms with Crippen LogP contribution in [0.15, 0.2) is 43.0 Å². The molecule has 2 rings (SSSR count). The highest BCUT2D eigenvalue weighted by molar-refractivity contribution is 5.27. The second kappa shape index (κ2) is 6.61. The second-order valence-electron chi connectivity index (χ2n) is 4.95. The summed E-state index contributed by atoms with van der Waals surface area (Å²) in [6.07, 6.45) is 8.40. The SMILES string of the molecule is C=CCCCCCNC1CC1c1ccccc1. The van der Waals surface area contributed by atoms with Crippen molar-refractivity contribution in [2.45, 2.75) is 44.1 Å². The molecule has 2 atom stereocenters. The zero-order valence-corrected chi connectivity index (χ0v) is 10.6. The molecule has 0 spiro atoms. The summed E-state index contributed by atoms with van der Waals surface area (Å²) in [6.45, 7) is 4.92. The Morgan fingerprint density at radius 1 is 1.18 bits per heavy atom. The van der Waals surface area contributed by atoms with Gasteiger partial charge in [-0.3, -0.25) is 0 Å². The number of allylic oxidation sites excluding steroid dienone is 1. The number of hydrogen-bond acceptors (Lipinski definition) is 1. The Morgan fingerprint density at radius 2 is 2.00 bits per heavy atom. The Balaban J connectivity index is 1.56. The summed E-state index contributed by atoms with van der Waals surface area (Å²) in [5.41, 5.74) is 1.50. The summed E-state index contributed by atoms with van der Waals surface area (Å²) in [6, 6.07) is 11.6. The van der Waals surface area contributed by atoms with Crippen LogP contribution in [0.4, 0.5) is 0 Å². The van der Waals surface area contributed by atoms with Crippen molar-refractivity contribution < 1.29 is 0 Å². The fraction of sp³-hybridized carbons (Fsp3) is 0.500. The average molecular weight is 229 g/mol. The largest absolute Gasteiger partial charge is 0.313 e. The molecule has 1 fully saturated rings. The quantitative estimate of drug-likeness (QED) is 0.527. The van der Waals surface area contributed by atoms with Crippen molar-refractivity contribution in [3.05, 3.63) is 48.6 Å². The number of benzene rings is 1. The number of hydrogen-bond donors (Lipinski definition) is 1. The van der Waals surface area contributed by atoms with Crippen molar-refractivity contribution in [1.82, 2.24) is 5.32 Å². The Bertz CT molecular complexity index is 331. The Labute approximate surface area is 105 Å². The summed E-state index contributed by atoms with van der Waals surface area (Å²) in [5.74, 6) is 0.768. The van der Waals surface area contributed by atoms with Gasteiger partial charge in [-0.2, -0.15) is 0 Å². The van der Waals surface area contributed by atoms with Crippen LogP contribution >= 0.6 is 0 Å². The molecule has 1 aliphatic rings. The first kappa shape index (κ1) is 12.4. The molecule has 0 heterocycles. The summed E-state index contributed by atoms with van der Waals surface area (Å²) in [7, 11) is 0. The maximum absolute atomic E-state index is 3.74. The van der Waals surface area contributed by atoms with Crippen LogP contribution in [0.1, 0.15) is 43.6 Å². The van der Waals surface area contributed by atoms with E-state index in [-0.39, 0.29) is 0 Å². The fourth-order valence-corrected chi connectivity index (χ4v) is 2.37. The third-order valence-electron chi connectivity index (χ3n) is 3.51. The van der Waals surface area contributed by atoms with Crippen molar-refractivity contribution in [3.8, 4) is 0 Å². The van der Waals surface area contributed by atoms with Crippen LogP contribution in [-0.4, -0.2) is 12.6 Å². The van der Waals surface area contributed by atoms with E-state index < -0.39 is 0 Å². The van der Waals surface area contributed by atoms with Gasteiger partial charge in [0.1, 0.15) is 0 Å². The minimum absolute atomic E-state index is 0.733. The van der Waals surface area contributed by atoms with Crippen molar-refractivity contribution in [1.29, 1.82) is 0 Å². The minimum Gasteiger partial charge on any atom is -0.313 e. The molecule has 1 heteroatoms. The number of nitrogens with one attached hydrogen (secondary N) is 1. The predicted octanol–water partition coefficient (Wildman–Crippen LogP) is 3.88. The van der Waals surface area contributed by atoms with E-state index in [1.54, 1.807) is 0 Å². The molecule has 0 amide bonds. The van der Waals surface area contributed by atoms with E-state index >= 15 is 0 Å².